The number of aromatic nitrogens is 5. The van der Waals surface area contributed by atoms with Crippen LogP contribution in [0.2, 0.25) is 0 Å². The predicted molar refractivity (Wildman–Crippen MR) is 150 cm³/mol. The molecule has 7 rings (SSSR count). The Labute approximate surface area is 218 Å². The van der Waals surface area contributed by atoms with Gasteiger partial charge in [-0.15, -0.1) is 11.3 Å². The van der Waals surface area contributed by atoms with E-state index in [4.69, 9.17) is 4.74 Å². The van der Waals surface area contributed by atoms with Gasteiger partial charge in [-0.25, -0.2) is 4.98 Å². The van der Waals surface area contributed by atoms with Crippen LogP contribution in [0.4, 0.5) is 0 Å². The van der Waals surface area contributed by atoms with Gasteiger partial charge in [-0.05, 0) is 69.0 Å². The molecule has 184 valence electrons. The minimum Gasteiger partial charge on any atom is -0.489 e. The molecule has 0 radical (unpaired) electrons. The molecule has 7 heteroatoms. The second-order valence-corrected chi connectivity index (χ2v) is 11.1. The van der Waals surface area contributed by atoms with E-state index in [1.165, 1.54) is 40.0 Å². The van der Waals surface area contributed by atoms with Crippen LogP contribution in [0.25, 0.3) is 54.9 Å². The molecule has 0 spiro atoms. The number of rotatable bonds is 5. The Kier molecular flexibility index (Phi) is 5.51. The quantitative estimate of drug-likeness (QED) is 0.249. The second-order valence-electron chi connectivity index (χ2n) is 9.84. The molecule has 0 amide bonds. The van der Waals surface area contributed by atoms with E-state index >= 15 is 0 Å². The molecule has 1 aliphatic carbocycles. The van der Waals surface area contributed by atoms with Crippen LogP contribution >= 0.6 is 11.3 Å². The van der Waals surface area contributed by atoms with Crippen molar-refractivity contribution in [3.63, 3.8) is 0 Å². The summed E-state index contributed by atoms with van der Waals surface area (Å²) in [5, 5.41) is 9.91. The average molecular weight is 506 g/mol. The molecule has 1 aliphatic rings. The van der Waals surface area contributed by atoms with Crippen LogP contribution in [0.1, 0.15) is 37.0 Å². The SMILES string of the molecule is Cc1ccc(-c2cccc3[nH]c(-c4n[nH]c5ncc(-c6cncc(OC7CCCCC7)c6)cc45)cc23)s1. The van der Waals surface area contributed by atoms with Gasteiger partial charge >= 0.3 is 0 Å². The summed E-state index contributed by atoms with van der Waals surface area (Å²) in [4.78, 5) is 15.3. The molecule has 0 unspecified atom stereocenters. The van der Waals surface area contributed by atoms with Crippen molar-refractivity contribution in [2.24, 2.45) is 0 Å². The summed E-state index contributed by atoms with van der Waals surface area (Å²) in [6.45, 7) is 2.14. The number of pyridine rings is 2. The van der Waals surface area contributed by atoms with Crippen LogP contribution in [0, 0.1) is 6.92 Å². The Bertz CT molecular complexity index is 1720. The normalized spacial score (nSPS) is 14.5. The zero-order chi connectivity index (χ0) is 24.8. The summed E-state index contributed by atoms with van der Waals surface area (Å²) in [5.41, 5.74) is 6.89. The first-order valence-electron chi connectivity index (χ1n) is 12.9. The molecule has 2 N–H and O–H groups in total. The highest BCUT2D eigenvalue weighted by Crippen LogP contribution is 2.37. The third-order valence-electron chi connectivity index (χ3n) is 7.24. The standard InChI is InChI=1S/C30H27N5OS/c1-18-10-11-28(37-18)23-8-5-9-26-24(23)14-27(33-26)29-25-13-20(16-32-30(25)35-34-29)19-12-22(17-31-15-19)36-21-6-3-2-4-7-21/h5,8-17,21,33H,2-4,6-7H2,1H3,(H,32,34,35). The van der Waals surface area contributed by atoms with Crippen LogP contribution in [0.15, 0.2) is 67.1 Å². The van der Waals surface area contributed by atoms with Crippen LogP contribution in [-0.2, 0) is 0 Å². The van der Waals surface area contributed by atoms with E-state index in [1.54, 1.807) is 0 Å². The molecule has 37 heavy (non-hydrogen) atoms. The number of thiophene rings is 1. The van der Waals surface area contributed by atoms with E-state index in [2.05, 4.69) is 80.6 Å². The van der Waals surface area contributed by atoms with Crippen LogP contribution in [-0.4, -0.2) is 31.3 Å². The summed E-state index contributed by atoms with van der Waals surface area (Å²) in [6, 6.07) is 17.2. The third-order valence-corrected chi connectivity index (χ3v) is 8.28. The Morgan fingerprint density at radius 2 is 1.81 bits per heavy atom. The van der Waals surface area contributed by atoms with Crippen molar-refractivity contribution in [2.75, 3.05) is 0 Å². The van der Waals surface area contributed by atoms with Crippen molar-refractivity contribution < 1.29 is 4.74 Å². The fraction of sp³-hybridized carbons (Fsp3) is 0.233. The number of hydrogen-bond acceptors (Lipinski definition) is 5. The molecule has 0 bridgehead atoms. The lowest BCUT2D eigenvalue weighted by molar-refractivity contribution is 0.154. The van der Waals surface area contributed by atoms with Gasteiger partial charge in [0, 0.05) is 55.1 Å². The van der Waals surface area contributed by atoms with Gasteiger partial charge in [0.1, 0.15) is 11.4 Å². The summed E-state index contributed by atoms with van der Waals surface area (Å²) < 4.78 is 6.26. The van der Waals surface area contributed by atoms with Gasteiger partial charge in [-0.1, -0.05) is 18.6 Å². The zero-order valence-corrected chi connectivity index (χ0v) is 21.4. The topological polar surface area (TPSA) is 79.5 Å². The van der Waals surface area contributed by atoms with Crippen molar-refractivity contribution in [1.29, 1.82) is 0 Å². The van der Waals surface area contributed by atoms with E-state index in [1.807, 2.05) is 29.9 Å². The molecule has 5 aromatic heterocycles. The molecule has 6 nitrogen and oxygen atoms in total. The largest absolute Gasteiger partial charge is 0.489 e. The Morgan fingerprint density at radius 3 is 2.68 bits per heavy atom. The van der Waals surface area contributed by atoms with Gasteiger partial charge in [-0.2, -0.15) is 5.10 Å². The van der Waals surface area contributed by atoms with Gasteiger partial charge in [0.05, 0.1) is 18.0 Å². The number of nitrogens with zero attached hydrogens (tertiary/aromatic N) is 3. The van der Waals surface area contributed by atoms with Crippen LogP contribution in [0.5, 0.6) is 5.75 Å². The number of hydrogen-bond donors (Lipinski definition) is 2. The number of H-pyrrole nitrogens is 2. The van der Waals surface area contributed by atoms with Crippen molar-refractivity contribution in [1.82, 2.24) is 25.1 Å². The molecule has 0 atom stereocenters. The highest BCUT2D eigenvalue weighted by Gasteiger charge is 2.17. The first-order valence-corrected chi connectivity index (χ1v) is 13.7. The van der Waals surface area contributed by atoms with E-state index in [0.717, 1.165) is 57.7 Å². The lowest BCUT2D eigenvalue weighted by atomic mass is 9.98. The molecule has 6 aromatic rings. The van der Waals surface area contributed by atoms with Gasteiger partial charge in [0.25, 0.3) is 0 Å². The van der Waals surface area contributed by atoms with E-state index in [-0.39, 0.29) is 6.10 Å². The highest BCUT2D eigenvalue weighted by atomic mass is 32.1. The summed E-state index contributed by atoms with van der Waals surface area (Å²) in [5.74, 6) is 0.823. The Morgan fingerprint density at radius 1 is 0.919 bits per heavy atom. The van der Waals surface area contributed by atoms with Gasteiger partial charge in [-0.3, -0.25) is 10.1 Å². The molecule has 0 aliphatic heterocycles. The number of nitrogens with one attached hydrogen (secondary N) is 2. The zero-order valence-electron chi connectivity index (χ0n) is 20.6. The third kappa shape index (κ3) is 4.19. The minimum atomic E-state index is 0.289. The Hall–Kier alpha value is -3.97. The molecular formula is C30H27N5OS. The van der Waals surface area contributed by atoms with Gasteiger partial charge in [0.2, 0.25) is 0 Å². The average Bonchev–Trinajstić information content (AvgIpc) is 3.66. The summed E-state index contributed by atoms with van der Waals surface area (Å²) in [6.07, 6.45) is 11.9. The van der Waals surface area contributed by atoms with Crippen molar-refractivity contribution in [2.45, 2.75) is 45.1 Å². The second kappa shape index (κ2) is 9.16. The number of ether oxygens (including phenoxy) is 1. The molecular weight excluding hydrogens is 478 g/mol. The van der Waals surface area contributed by atoms with Crippen LogP contribution in [0.3, 0.4) is 0 Å². The van der Waals surface area contributed by atoms with Crippen LogP contribution < -0.4 is 4.74 Å². The molecule has 1 saturated carbocycles. The maximum atomic E-state index is 6.26. The summed E-state index contributed by atoms with van der Waals surface area (Å²) >= 11 is 1.81. The highest BCUT2D eigenvalue weighted by molar-refractivity contribution is 7.15. The fourth-order valence-corrected chi connectivity index (χ4v) is 6.27. The maximum Gasteiger partial charge on any atom is 0.155 e. The lowest BCUT2D eigenvalue weighted by Gasteiger charge is -2.23. The lowest BCUT2D eigenvalue weighted by Crippen LogP contribution is -2.19. The first-order chi connectivity index (χ1) is 18.2. The maximum absolute atomic E-state index is 6.26. The van der Waals surface area contributed by atoms with Crippen molar-refractivity contribution in [3.8, 4) is 38.7 Å². The number of aryl methyl sites for hydroxylation is 1. The first kappa shape index (κ1) is 22.2. The van der Waals surface area contributed by atoms with E-state index in [0.29, 0.717) is 0 Å². The molecule has 5 heterocycles. The number of benzene rings is 1. The fourth-order valence-electron chi connectivity index (χ4n) is 5.36. The van der Waals surface area contributed by atoms with Crippen molar-refractivity contribution in [3.05, 3.63) is 72.0 Å². The molecule has 1 aromatic carbocycles. The minimum absolute atomic E-state index is 0.289. The number of aromatic amines is 2. The smallest absolute Gasteiger partial charge is 0.155 e. The van der Waals surface area contributed by atoms with Crippen molar-refractivity contribution >= 4 is 33.3 Å². The van der Waals surface area contributed by atoms with Gasteiger partial charge in [0.15, 0.2) is 5.65 Å². The summed E-state index contributed by atoms with van der Waals surface area (Å²) in [7, 11) is 0. The van der Waals surface area contributed by atoms with Gasteiger partial charge < -0.3 is 9.72 Å². The monoisotopic (exact) mass is 505 g/mol. The Balaban J connectivity index is 1.26. The van der Waals surface area contributed by atoms with E-state index in [9.17, 15) is 0 Å². The number of fused-ring (bicyclic) bond motifs is 2. The molecule has 0 saturated heterocycles. The molecule has 1 fully saturated rings. The predicted octanol–water partition coefficient (Wildman–Crippen LogP) is 7.92. The van der Waals surface area contributed by atoms with E-state index < -0.39 is 0 Å².